The summed E-state index contributed by atoms with van der Waals surface area (Å²) in [5, 5.41) is 7.57. The number of aromatic nitrogens is 4. The molecule has 3 aromatic rings. The number of benzene rings is 1. The maximum absolute atomic E-state index is 13.4. The molecule has 0 saturated carbocycles. The number of hydrogen-bond donors (Lipinski definition) is 2. The minimum absolute atomic E-state index is 0.189. The number of nitrogens with one attached hydrogen (secondary N) is 2. The minimum Gasteiger partial charge on any atom is -0.340 e. The lowest BCUT2D eigenvalue weighted by Crippen LogP contribution is -2.53. The molecule has 32 heavy (non-hydrogen) atoms. The van der Waals surface area contributed by atoms with Gasteiger partial charge in [-0.25, -0.2) is 9.07 Å². The zero-order chi connectivity index (χ0) is 23.0. The maximum Gasteiger partial charge on any atom is 0.263 e. The number of anilines is 2. The van der Waals surface area contributed by atoms with E-state index in [4.69, 9.17) is 4.98 Å². The van der Waals surface area contributed by atoms with E-state index >= 15 is 0 Å². The largest absolute Gasteiger partial charge is 0.340 e. The van der Waals surface area contributed by atoms with Crippen LogP contribution in [-0.4, -0.2) is 62.8 Å². The first kappa shape index (κ1) is 21.9. The standard InChI is InChI=1S/C22H28FN7O2/c1-14(19(31)25-16-7-5-6-15(23)12-16)28-8-10-29(11-9-28)21-26-18-17(20(32)27-21)13-24-30(18)22(2,3)4/h5-7,12-14H,8-11H2,1-4H3,(H,25,31)(H,26,27,32). The molecule has 3 heterocycles. The van der Waals surface area contributed by atoms with Crippen LogP contribution < -0.4 is 15.8 Å². The molecular weight excluding hydrogens is 413 g/mol. The van der Waals surface area contributed by atoms with Gasteiger partial charge in [0.05, 0.1) is 17.8 Å². The highest BCUT2D eigenvalue weighted by molar-refractivity contribution is 5.94. The summed E-state index contributed by atoms with van der Waals surface area (Å²) < 4.78 is 15.1. The summed E-state index contributed by atoms with van der Waals surface area (Å²) in [6.45, 7) is 10.3. The van der Waals surface area contributed by atoms with Crippen LogP contribution in [-0.2, 0) is 10.3 Å². The van der Waals surface area contributed by atoms with E-state index in [0.29, 0.717) is 48.8 Å². The number of aromatic amines is 1. The molecule has 1 aliphatic heterocycles. The molecule has 170 valence electrons. The van der Waals surface area contributed by atoms with E-state index in [1.165, 1.54) is 12.1 Å². The number of rotatable bonds is 4. The predicted molar refractivity (Wildman–Crippen MR) is 121 cm³/mol. The van der Waals surface area contributed by atoms with Crippen molar-refractivity contribution < 1.29 is 9.18 Å². The van der Waals surface area contributed by atoms with Crippen molar-refractivity contribution in [1.29, 1.82) is 0 Å². The van der Waals surface area contributed by atoms with E-state index in [2.05, 4.69) is 20.3 Å². The molecule has 9 nitrogen and oxygen atoms in total. The topological polar surface area (TPSA) is 99.2 Å². The number of amides is 1. The van der Waals surface area contributed by atoms with E-state index in [0.717, 1.165) is 0 Å². The summed E-state index contributed by atoms with van der Waals surface area (Å²) in [5.74, 6) is -0.0774. The van der Waals surface area contributed by atoms with Crippen molar-refractivity contribution in [2.24, 2.45) is 0 Å². The van der Waals surface area contributed by atoms with Crippen LogP contribution in [0.3, 0.4) is 0 Å². The zero-order valence-corrected chi connectivity index (χ0v) is 18.7. The van der Waals surface area contributed by atoms with Gasteiger partial charge >= 0.3 is 0 Å². The third kappa shape index (κ3) is 4.36. The molecule has 0 bridgehead atoms. The Kier molecular flexibility index (Phi) is 5.72. The Bertz CT molecular complexity index is 1190. The number of fused-ring (bicyclic) bond motifs is 1. The lowest BCUT2D eigenvalue weighted by Gasteiger charge is -2.37. The van der Waals surface area contributed by atoms with Crippen LogP contribution in [0, 0.1) is 5.82 Å². The lowest BCUT2D eigenvalue weighted by atomic mass is 10.1. The predicted octanol–water partition coefficient (Wildman–Crippen LogP) is 2.16. The van der Waals surface area contributed by atoms with Crippen molar-refractivity contribution in [3.05, 3.63) is 46.6 Å². The normalized spacial score (nSPS) is 16.3. The second-order valence-electron chi connectivity index (χ2n) is 9.05. The van der Waals surface area contributed by atoms with Crippen molar-refractivity contribution in [3.8, 4) is 0 Å². The lowest BCUT2D eigenvalue weighted by molar-refractivity contribution is -0.120. The molecule has 1 atom stereocenters. The van der Waals surface area contributed by atoms with Gasteiger partial charge in [0.2, 0.25) is 11.9 Å². The fourth-order valence-electron chi connectivity index (χ4n) is 3.85. The molecule has 10 heteroatoms. The van der Waals surface area contributed by atoms with Gasteiger partial charge in [-0.05, 0) is 45.9 Å². The summed E-state index contributed by atoms with van der Waals surface area (Å²) in [4.78, 5) is 36.8. The number of piperazine rings is 1. The Labute approximate surface area is 185 Å². The van der Waals surface area contributed by atoms with E-state index in [1.807, 2.05) is 32.6 Å². The van der Waals surface area contributed by atoms with Gasteiger partial charge in [-0.3, -0.25) is 19.5 Å². The van der Waals surface area contributed by atoms with Gasteiger partial charge in [0, 0.05) is 31.9 Å². The Morgan fingerprint density at radius 1 is 1.22 bits per heavy atom. The highest BCUT2D eigenvalue weighted by Gasteiger charge is 2.27. The summed E-state index contributed by atoms with van der Waals surface area (Å²) >= 11 is 0. The van der Waals surface area contributed by atoms with Crippen LogP contribution in [0.2, 0.25) is 0 Å². The molecule has 0 spiro atoms. The molecule has 1 aliphatic rings. The molecule has 0 aliphatic carbocycles. The minimum atomic E-state index is -0.393. The fourth-order valence-corrected chi connectivity index (χ4v) is 3.85. The van der Waals surface area contributed by atoms with Crippen LogP contribution in [0.15, 0.2) is 35.3 Å². The van der Waals surface area contributed by atoms with Crippen LogP contribution in [0.25, 0.3) is 11.0 Å². The zero-order valence-electron chi connectivity index (χ0n) is 18.7. The van der Waals surface area contributed by atoms with Crippen LogP contribution >= 0.6 is 0 Å². The van der Waals surface area contributed by atoms with Crippen molar-refractivity contribution in [2.45, 2.75) is 39.3 Å². The molecule has 1 saturated heterocycles. The Morgan fingerprint density at radius 2 is 1.94 bits per heavy atom. The fraction of sp³-hybridized carbons (Fsp3) is 0.455. The van der Waals surface area contributed by atoms with E-state index in [1.54, 1.807) is 23.0 Å². The van der Waals surface area contributed by atoms with Crippen molar-refractivity contribution in [3.63, 3.8) is 0 Å². The van der Waals surface area contributed by atoms with Gasteiger partial charge in [-0.15, -0.1) is 0 Å². The molecule has 1 unspecified atom stereocenters. The molecule has 4 rings (SSSR count). The number of hydrogen-bond acceptors (Lipinski definition) is 6. The number of H-pyrrole nitrogens is 1. The number of nitrogens with zero attached hydrogens (tertiary/aromatic N) is 5. The third-order valence-electron chi connectivity index (χ3n) is 5.69. The van der Waals surface area contributed by atoms with Crippen LogP contribution in [0.4, 0.5) is 16.0 Å². The second kappa shape index (κ2) is 8.34. The molecule has 0 radical (unpaired) electrons. The SMILES string of the molecule is CC(C(=O)Nc1cccc(F)c1)N1CCN(c2nc3c(cnn3C(C)(C)C)c(=O)[nH]2)CC1. The van der Waals surface area contributed by atoms with Crippen molar-refractivity contribution in [2.75, 3.05) is 36.4 Å². The molecule has 1 aromatic carbocycles. The summed E-state index contributed by atoms with van der Waals surface area (Å²) in [7, 11) is 0. The summed E-state index contributed by atoms with van der Waals surface area (Å²) in [6, 6.07) is 5.47. The monoisotopic (exact) mass is 441 g/mol. The molecular formula is C22H28FN7O2. The Hall–Kier alpha value is -3.27. The van der Waals surface area contributed by atoms with E-state index in [-0.39, 0.29) is 23.0 Å². The van der Waals surface area contributed by atoms with Crippen molar-refractivity contribution >= 4 is 28.6 Å². The molecule has 1 fully saturated rings. The van der Waals surface area contributed by atoms with Gasteiger partial charge in [-0.1, -0.05) is 6.07 Å². The first-order chi connectivity index (χ1) is 15.1. The van der Waals surface area contributed by atoms with E-state index < -0.39 is 5.82 Å². The Morgan fingerprint density at radius 3 is 2.59 bits per heavy atom. The number of halogens is 1. The molecule has 2 N–H and O–H groups in total. The first-order valence-corrected chi connectivity index (χ1v) is 10.7. The highest BCUT2D eigenvalue weighted by atomic mass is 19.1. The third-order valence-corrected chi connectivity index (χ3v) is 5.69. The number of carbonyl (C=O) groups excluding carboxylic acids is 1. The summed E-state index contributed by atoms with van der Waals surface area (Å²) in [6.07, 6.45) is 1.55. The average molecular weight is 442 g/mol. The second-order valence-corrected chi connectivity index (χ2v) is 9.05. The van der Waals surface area contributed by atoms with Crippen LogP contribution in [0.1, 0.15) is 27.7 Å². The highest BCUT2D eigenvalue weighted by Crippen LogP contribution is 2.21. The summed E-state index contributed by atoms with van der Waals surface area (Å²) in [5.41, 5.74) is 0.474. The quantitative estimate of drug-likeness (QED) is 0.644. The van der Waals surface area contributed by atoms with Gasteiger partial charge in [-0.2, -0.15) is 10.1 Å². The van der Waals surface area contributed by atoms with Crippen molar-refractivity contribution in [1.82, 2.24) is 24.6 Å². The maximum atomic E-state index is 13.4. The first-order valence-electron chi connectivity index (χ1n) is 10.7. The van der Waals surface area contributed by atoms with Crippen LogP contribution in [0.5, 0.6) is 0 Å². The average Bonchev–Trinajstić information content (AvgIpc) is 3.18. The smallest absolute Gasteiger partial charge is 0.263 e. The van der Waals surface area contributed by atoms with E-state index in [9.17, 15) is 14.0 Å². The number of carbonyl (C=O) groups is 1. The van der Waals surface area contributed by atoms with Gasteiger partial charge < -0.3 is 10.2 Å². The van der Waals surface area contributed by atoms with Gasteiger partial charge in [0.1, 0.15) is 11.2 Å². The molecule has 2 aromatic heterocycles. The molecule has 1 amide bonds. The van der Waals surface area contributed by atoms with Gasteiger partial charge in [0.25, 0.3) is 5.56 Å². The Balaban J connectivity index is 1.45. The van der Waals surface area contributed by atoms with Gasteiger partial charge in [0.15, 0.2) is 5.65 Å².